The van der Waals surface area contributed by atoms with Gasteiger partial charge in [-0.3, -0.25) is 20.3 Å². The third-order valence-electron chi connectivity index (χ3n) is 4.65. The molecule has 34 heavy (non-hydrogen) atoms. The smallest absolute Gasteiger partial charge is 0.323 e. The van der Waals surface area contributed by atoms with Gasteiger partial charge >= 0.3 is 5.97 Å². The fourth-order valence-electron chi connectivity index (χ4n) is 3.08. The lowest BCUT2D eigenvalue weighted by molar-refractivity contribution is -0.873. The van der Waals surface area contributed by atoms with Gasteiger partial charge in [-0.15, -0.1) is 0 Å². The Bertz CT molecular complexity index is 827. The number of ether oxygens (including phenoxy) is 2. The van der Waals surface area contributed by atoms with Crippen molar-refractivity contribution in [1.29, 1.82) is 5.41 Å². The molecule has 0 saturated carbocycles. The Labute approximate surface area is 200 Å². The first-order chi connectivity index (χ1) is 15.8. The highest BCUT2D eigenvalue weighted by atomic mass is 16.6. The molecule has 2 rings (SSSR count). The van der Waals surface area contributed by atoms with Crippen molar-refractivity contribution in [3.05, 3.63) is 35.9 Å². The highest BCUT2D eigenvalue weighted by molar-refractivity contribution is 6.02. The number of carboxylic acid groups (broad SMARTS) is 1. The topological polar surface area (TPSA) is 158 Å². The van der Waals surface area contributed by atoms with Crippen LogP contribution in [0.25, 0.3) is 0 Å². The number of aliphatic carboxylic acids is 1. The number of hydrogen-bond donors (Lipinski definition) is 3. The predicted octanol–water partition coefficient (Wildman–Crippen LogP) is -1.30. The van der Waals surface area contributed by atoms with Crippen LogP contribution in [0.3, 0.4) is 0 Å². The summed E-state index contributed by atoms with van der Waals surface area (Å²) in [5.74, 6) is -1.58. The van der Waals surface area contributed by atoms with E-state index in [1.807, 2.05) is 51.5 Å². The average Bonchev–Trinajstić information content (AvgIpc) is 3.00. The van der Waals surface area contributed by atoms with Gasteiger partial charge in [-0.2, -0.15) is 0 Å². The average molecular weight is 480 g/mol. The summed E-state index contributed by atoms with van der Waals surface area (Å²) in [4.78, 5) is 34.9. The summed E-state index contributed by atoms with van der Waals surface area (Å²) in [5, 5.41) is 20.2. The number of nitrogens with one attached hydrogen (secondary N) is 2. The zero-order valence-corrected chi connectivity index (χ0v) is 20.6. The van der Waals surface area contributed by atoms with E-state index in [0.29, 0.717) is 24.0 Å². The van der Waals surface area contributed by atoms with Crippen molar-refractivity contribution in [3.8, 4) is 0 Å². The molecule has 0 aliphatic carbocycles. The molecule has 190 valence electrons. The maximum absolute atomic E-state index is 12.1. The van der Waals surface area contributed by atoms with Crippen molar-refractivity contribution >= 4 is 23.8 Å². The number of guanidine groups is 1. The maximum Gasteiger partial charge on any atom is 0.323 e. The Morgan fingerprint density at radius 1 is 1.26 bits per heavy atom. The molecule has 4 N–H and O–H groups in total. The molecule has 1 aliphatic rings. The first kappa shape index (κ1) is 29.0. The van der Waals surface area contributed by atoms with Gasteiger partial charge in [0, 0.05) is 19.4 Å². The van der Waals surface area contributed by atoms with Gasteiger partial charge in [0.05, 0.1) is 34.3 Å². The molecular weight excluding hydrogens is 442 g/mol. The van der Waals surface area contributed by atoms with E-state index in [2.05, 4.69) is 5.32 Å². The fraction of sp³-hybridized carbons (Fsp3) is 0.565. The van der Waals surface area contributed by atoms with Crippen LogP contribution in [0.15, 0.2) is 30.3 Å². The van der Waals surface area contributed by atoms with Gasteiger partial charge in [0.1, 0.15) is 24.8 Å². The number of benzene rings is 1. The van der Waals surface area contributed by atoms with Gasteiger partial charge in [0.15, 0.2) is 5.96 Å². The number of carbonyl (C=O) groups is 3. The lowest BCUT2D eigenvalue weighted by Crippen LogP contribution is -2.45. The van der Waals surface area contributed by atoms with E-state index in [-0.39, 0.29) is 24.9 Å². The minimum Gasteiger partial charge on any atom is -0.550 e. The number of nitrogens with zero attached hydrogens (tertiary/aromatic N) is 2. The van der Waals surface area contributed by atoms with E-state index in [1.165, 1.54) is 0 Å². The van der Waals surface area contributed by atoms with E-state index in [0.717, 1.165) is 5.56 Å². The third kappa shape index (κ3) is 12.3. The quantitative estimate of drug-likeness (QED) is 0.261. The predicted molar refractivity (Wildman–Crippen MR) is 124 cm³/mol. The number of rotatable bonds is 11. The van der Waals surface area contributed by atoms with E-state index >= 15 is 0 Å². The summed E-state index contributed by atoms with van der Waals surface area (Å²) >= 11 is 0. The molecule has 1 aromatic carbocycles. The SMILES string of the molecule is CC(COC(CC(=O)[O-])C[N+](C)(C)C)OC(=O)[C@@H](N)Cc1ccccc1.CN1CC(=O)NC1=N. The summed E-state index contributed by atoms with van der Waals surface area (Å²) in [5.41, 5.74) is 6.86. The molecule has 11 nitrogen and oxygen atoms in total. The Hall–Kier alpha value is -3.02. The van der Waals surface area contributed by atoms with Crippen LogP contribution in [0.4, 0.5) is 0 Å². The second-order valence-corrected chi connectivity index (χ2v) is 9.30. The number of likely N-dealkylation sites (N-methyl/N-ethyl adjacent to an activating group) is 2. The Morgan fingerprint density at radius 2 is 1.88 bits per heavy atom. The molecule has 0 radical (unpaired) electrons. The zero-order chi connectivity index (χ0) is 25.9. The van der Waals surface area contributed by atoms with Crippen molar-refractivity contribution in [2.45, 2.75) is 38.0 Å². The first-order valence-corrected chi connectivity index (χ1v) is 11.0. The Balaban J connectivity index is 0.000000605. The van der Waals surface area contributed by atoms with E-state index in [9.17, 15) is 19.5 Å². The normalized spacial score (nSPS) is 16.1. The number of esters is 1. The lowest BCUT2D eigenvalue weighted by Gasteiger charge is -2.30. The molecule has 1 fully saturated rings. The molecule has 1 amide bonds. The summed E-state index contributed by atoms with van der Waals surface area (Å²) in [6.07, 6.45) is -0.855. The summed E-state index contributed by atoms with van der Waals surface area (Å²) in [6.45, 7) is 2.61. The largest absolute Gasteiger partial charge is 0.550 e. The standard InChI is InChI=1S/C19H30N2O5.C4H7N3O/c1-14(13-25-16(11-18(22)23)12-21(2,3)4)26-19(24)17(20)10-15-8-6-5-7-9-15;1-7-2-3(8)6-4(7)5/h5-9,14,16-17H,10-13,20H2,1-4H3;2H2,1H3,(H2,5,6,8)/t14?,16?,17-;/m0./s1. The highest BCUT2D eigenvalue weighted by Crippen LogP contribution is 2.08. The van der Waals surface area contributed by atoms with Gasteiger partial charge in [-0.1, -0.05) is 30.3 Å². The molecule has 1 saturated heterocycles. The molecule has 0 aromatic heterocycles. The number of hydrogen-bond acceptors (Lipinski definition) is 8. The van der Waals surface area contributed by atoms with Crippen LogP contribution in [-0.2, 0) is 30.3 Å². The van der Waals surface area contributed by atoms with Crippen molar-refractivity contribution in [2.75, 3.05) is 47.9 Å². The van der Waals surface area contributed by atoms with Crippen LogP contribution in [0, 0.1) is 5.41 Å². The van der Waals surface area contributed by atoms with Gasteiger partial charge in [0.25, 0.3) is 0 Å². The number of carboxylic acids is 1. The molecule has 2 unspecified atom stereocenters. The van der Waals surface area contributed by atoms with E-state index < -0.39 is 30.2 Å². The van der Waals surface area contributed by atoms with Crippen LogP contribution < -0.4 is 16.2 Å². The van der Waals surface area contributed by atoms with E-state index in [1.54, 1.807) is 18.9 Å². The van der Waals surface area contributed by atoms with Crippen molar-refractivity contribution < 1.29 is 33.4 Å². The number of quaternary nitrogens is 1. The molecule has 3 atom stereocenters. The van der Waals surface area contributed by atoms with Gasteiger partial charge in [-0.05, 0) is 18.9 Å². The number of amides is 1. The Kier molecular flexibility index (Phi) is 11.6. The zero-order valence-electron chi connectivity index (χ0n) is 20.6. The molecule has 1 heterocycles. The number of carbonyl (C=O) groups excluding carboxylic acids is 3. The summed E-state index contributed by atoms with van der Waals surface area (Å²) < 4.78 is 11.5. The second kappa shape index (κ2) is 13.6. The third-order valence-corrected chi connectivity index (χ3v) is 4.65. The summed E-state index contributed by atoms with van der Waals surface area (Å²) in [7, 11) is 7.52. The van der Waals surface area contributed by atoms with E-state index in [4.69, 9.17) is 20.6 Å². The molecular formula is C23H37N5O6. The Morgan fingerprint density at radius 3 is 2.32 bits per heavy atom. The summed E-state index contributed by atoms with van der Waals surface area (Å²) in [6, 6.07) is 8.70. The van der Waals surface area contributed by atoms with Crippen LogP contribution in [-0.4, -0.2) is 99.3 Å². The number of nitrogens with two attached hydrogens (primary N) is 1. The molecule has 1 aromatic rings. The highest BCUT2D eigenvalue weighted by Gasteiger charge is 2.23. The maximum atomic E-state index is 12.1. The minimum absolute atomic E-state index is 0.0990. The molecule has 11 heteroatoms. The van der Waals surface area contributed by atoms with Gasteiger partial charge in [-0.25, -0.2) is 0 Å². The van der Waals surface area contributed by atoms with Crippen LogP contribution >= 0.6 is 0 Å². The van der Waals surface area contributed by atoms with Crippen molar-refractivity contribution in [2.24, 2.45) is 5.73 Å². The molecule has 0 bridgehead atoms. The molecule has 0 spiro atoms. The lowest BCUT2D eigenvalue weighted by atomic mass is 10.1. The van der Waals surface area contributed by atoms with Crippen LogP contribution in [0.1, 0.15) is 18.9 Å². The molecule has 1 aliphatic heterocycles. The van der Waals surface area contributed by atoms with Crippen molar-refractivity contribution in [1.82, 2.24) is 10.2 Å². The first-order valence-electron chi connectivity index (χ1n) is 11.0. The minimum atomic E-state index is -1.17. The van der Waals surface area contributed by atoms with Crippen molar-refractivity contribution in [3.63, 3.8) is 0 Å². The monoisotopic (exact) mass is 479 g/mol. The second-order valence-electron chi connectivity index (χ2n) is 9.30. The van der Waals surface area contributed by atoms with Gasteiger partial charge < -0.3 is 34.5 Å². The fourth-order valence-corrected chi connectivity index (χ4v) is 3.08. The van der Waals surface area contributed by atoms with Gasteiger partial charge in [0.2, 0.25) is 5.91 Å². The van der Waals surface area contributed by atoms with Crippen LogP contribution in [0.5, 0.6) is 0 Å². The van der Waals surface area contributed by atoms with Crippen LogP contribution in [0.2, 0.25) is 0 Å².